The van der Waals surface area contributed by atoms with Crippen molar-refractivity contribution < 1.29 is 31.8 Å². The Balaban J connectivity index is 1.75. The number of hydrogen-bond donors (Lipinski definition) is 0. The zero-order chi connectivity index (χ0) is 26.8. The summed E-state index contributed by atoms with van der Waals surface area (Å²) in [5.41, 5.74) is 2.06. The van der Waals surface area contributed by atoms with E-state index in [4.69, 9.17) is 14.2 Å². The molecule has 2 fully saturated rings. The van der Waals surface area contributed by atoms with Gasteiger partial charge >= 0.3 is 0 Å². The molecule has 0 N–H and O–H groups in total. The fraction of sp³-hybridized carbons (Fsp3) is 0.593. The van der Waals surface area contributed by atoms with Crippen LogP contribution in [-0.4, -0.2) is 67.9 Å². The lowest BCUT2D eigenvalue weighted by molar-refractivity contribution is -0.299. The van der Waals surface area contributed by atoms with Crippen LogP contribution in [0, 0.1) is 5.82 Å². The average Bonchev–Trinajstić information content (AvgIpc) is 3.24. The van der Waals surface area contributed by atoms with Crippen LogP contribution in [0.5, 0.6) is 0 Å². The van der Waals surface area contributed by atoms with Crippen molar-refractivity contribution in [1.82, 2.24) is 8.87 Å². The number of rotatable bonds is 9. The SMILES string of the molecule is CC(C)c1cc(S(=O)(=O)N2CCOCC2)c(-c2ccc(F)cc2)n1CCC1CC(CC=O)OC(C)(C)O1. The highest BCUT2D eigenvalue weighted by molar-refractivity contribution is 7.89. The Kier molecular flexibility index (Phi) is 8.55. The number of morpholine rings is 1. The molecule has 204 valence electrons. The Morgan fingerprint density at radius 3 is 2.38 bits per heavy atom. The number of ether oxygens (including phenoxy) is 3. The van der Waals surface area contributed by atoms with E-state index < -0.39 is 15.8 Å². The van der Waals surface area contributed by atoms with Gasteiger partial charge in [-0.15, -0.1) is 0 Å². The van der Waals surface area contributed by atoms with Crippen LogP contribution in [0.2, 0.25) is 0 Å². The summed E-state index contributed by atoms with van der Waals surface area (Å²) in [5.74, 6) is -1.16. The van der Waals surface area contributed by atoms with Gasteiger partial charge in [0.1, 0.15) is 17.0 Å². The first-order valence-corrected chi connectivity index (χ1v) is 14.3. The molecule has 1 aromatic carbocycles. The van der Waals surface area contributed by atoms with Gasteiger partial charge in [-0.2, -0.15) is 4.31 Å². The van der Waals surface area contributed by atoms with E-state index in [1.165, 1.54) is 16.4 Å². The minimum atomic E-state index is -3.82. The topological polar surface area (TPSA) is 87.1 Å². The summed E-state index contributed by atoms with van der Waals surface area (Å²) in [6, 6.07) is 7.70. The largest absolute Gasteiger partial charge is 0.379 e. The maximum atomic E-state index is 13.9. The van der Waals surface area contributed by atoms with Crippen molar-refractivity contribution in [2.24, 2.45) is 0 Å². The predicted octanol–water partition coefficient (Wildman–Crippen LogP) is 4.33. The quantitative estimate of drug-likeness (QED) is 0.444. The Hall–Kier alpha value is -2.11. The van der Waals surface area contributed by atoms with Crippen molar-refractivity contribution in [3.05, 3.63) is 41.8 Å². The molecule has 0 bridgehead atoms. The lowest BCUT2D eigenvalue weighted by Gasteiger charge is -2.40. The van der Waals surface area contributed by atoms with Crippen molar-refractivity contribution in [1.29, 1.82) is 0 Å². The Morgan fingerprint density at radius 1 is 1.11 bits per heavy atom. The van der Waals surface area contributed by atoms with E-state index >= 15 is 0 Å². The fourth-order valence-corrected chi connectivity index (χ4v) is 6.86. The number of nitrogens with zero attached hydrogens (tertiary/aromatic N) is 2. The van der Waals surface area contributed by atoms with Crippen molar-refractivity contribution in [2.75, 3.05) is 26.3 Å². The first-order chi connectivity index (χ1) is 17.5. The van der Waals surface area contributed by atoms with Gasteiger partial charge in [-0.25, -0.2) is 12.8 Å². The van der Waals surface area contributed by atoms with Gasteiger partial charge in [-0.1, -0.05) is 13.8 Å². The number of carbonyl (C=O) groups excluding carboxylic acids is 1. The van der Waals surface area contributed by atoms with E-state index in [2.05, 4.69) is 0 Å². The standard InChI is InChI=1S/C27H37FN2O6S/c1-19(2)24-18-25(37(32,33)29-12-15-34-16-13-29)26(20-5-7-21(28)8-6-20)30(24)11-9-22-17-23(10-14-31)36-27(3,4)35-22/h5-8,14,18-19,22-23H,9-13,15-17H2,1-4H3. The Bertz CT molecular complexity index is 1190. The highest BCUT2D eigenvalue weighted by Gasteiger charge is 2.36. The fourth-order valence-electron chi connectivity index (χ4n) is 5.21. The lowest BCUT2D eigenvalue weighted by atomic mass is 10.0. The number of benzene rings is 1. The lowest BCUT2D eigenvalue weighted by Crippen LogP contribution is -2.45. The molecule has 8 nitrogen and oxygen atoms in total. The molecule has 2 atom stereocenters. The molecule has 37 heavy (non-hydrogen) atoms. The summed E-state index contributed by atoms with van der Waals surface area (Å²) in [6.45, 7) is 9.50. The summed E-state index contributed by atoms with van der Waals surface area (Å²) in [6.07, 6.45) is 1.94. The third-order valence-electron chi connectivity index (χ3n) is 6.85. The van der Waals surface area contributed by atoms with E-state index in [1.54, 1.807) is 18.2 Å². The average molecular weight is 537 g/mol. The minimum absolute atomic E-state index is 0.0442. The van der Waals surface area contributed by atoms with Crippen LogP contribution in [0.1, 0.15) is 58.6 Å². The van der Waals surface area contributed by atoms with Gasteiger partial charge in [-0.05, 0) is 62.1 Å². The molecule has 0 saturated carbocycles. The zero-order valence-corrected chi connectivity index (χ0v) is 22.8. The molecule has 2 aromatic rings. The molecule has 4 rings (SSSR count). The second-order valence-corrected chi connectivity index (χ2v) is 12.3. The third kappa shape index (κ3) is 6.31. The van der Waals surface area contributed by atoms with Crippen LogP contribution in [0.4, 0.5) is 4.39 Å². The molecule has 0 amide bonds. The molecule has 3 heterocycles. The highest BCUT2D eigenvalue weighted by atomic mass is 32.2. The van der Waals surface area contributed by atoms with Crippen molar-refractivity contribution in [3.63, 3.8) is 0 Å². The van der Waals surface area contributed by atoms with Gasteiger partial charge < -0.3 is 23.6 Å². The molecule has 2 aliphatic rings. The van der Waals surface area contributed by atoms with Gasteiger partial charge in [0.25, 0.3) is 0 Å². The Labute approximate surface area is 218 Å². The number of aromatic nitrogens is 1. The van der Waals surface area contributed by atoms with E-state index in [9.17, 15) is 17.6 Å². The maximum Gasteiger partial charge on any atom is 0.245 e. The van der Waals surface area contributed by atoms with Crippen LogP contribution in [0.25, 0.3) is 11.3 Å². The summed E-state index contributed by atoms with van der Waals surface area (Å²) in [5, 5.41) is 0. The summed E-state index contributed by atoms with van der Waals surface area (Å²) in [4.78, 5) is 11.3. The third-order valence-corrected chi connectivity index (χ3v) is 8.76. The first-order valence-electron chi connectivity index (χ1n) is 12.9. The van der Waals surface area contributed by atoms with Crippen LogP contribution in [0.15, 0.2) is 35.2 Å². The number of carbonyl (C=O) groups is 1. The molecular weight excluding hydrogens is 499 g/mol. The minimum Gasteiger partial charge on any atom is -0.379 e. The van der Waals surface area contributed by atoms with Gasteiger partial charge in [0.15, 0.2) is 5.79 Å². The second kappa shape index (κ2) is 11.3. The molecule has 0 spiro atoms. The van der Waals surface area contributed by atoms with Crippen molar-refractivity contribution in [3.8, 4) is 11.3 Å². The van der Waals surface area contributed by atoms with Crippen molar-refractivity contribution >= 4 is 16.3 Å². The van der Waals surface area contributed by atoms with Gasteiger partial charge in [-0.3, -0.25) is 0 Å². The van der Waals surface area contributed by atoms with E-state index in [0.29, 0.717) is 50.3 Å². The summed E-state index contributed by atoms with van der Waals surface area (Å²) in [7, 11) is -3.82. The van der Waals surface area contributed by atoms with E-state index in [-0.39, 0.29) is 41.9 Å². The van der Waals surface area contributed by atoms with Gasteiger partial charge in [0.05, 0.1) is 31.1 Å². The number of aldehydes is 1. The van der Waals surface area contributed by atoms with E-state index in [1.807, 2.05) is 32.3 Å². The zero-order valence-electron chi connectivity index (χ0n) is 22.0. The first kappa shape index (κ1) is 27.9. The molecule has 0 aliphatic carbocycles. The molecular formula is C27H37FN2O6S. The number of halogens is 1. The molecule has 10 heteroatoms. The summed E-state index contributed by atoms with van der Waals surface area (Å²) < 4.78 is 62.4. The Morgan fingerprint density at radius 2 is 1.76 bits per heavy atom. The number of sulfonamides is 1. The van der Waals surface area contributed by atoms with Gasteiger partial charge in [0.2, 0.25) is 10.0 Å². The van der Waals surface area contributed by atoms with Crippen LogP contribution in [0.3, 0.4) is 0 Å². The van der Waals surface area contributed by atoms with Crippen LogP contribution in [-0.2, 0) is 35.6 Å². The molecule has 2 unspecified atom stereocenters. The predicted molar refractivity (Wildman–Crippen MR) is 137 cm³/mol. The highest BCUT2D eigenvalue weighted by Crippen LogP contribution is 2.37. The smallest absolute Gasteiger partial charge is 0.245 e. The van der Waals surface area contributed by atoms with Crippen LogP contribution < -0.4 is 0 Å². The molecule has 1 aromatic heterocycles. The second-order valence-electron chi connectivity index (χ2n) is 10.4. The summed E-state index contributed by atoms with van der Waals surface area (Å²) >= 11 is 0. The van der Waals surface area contributed by atoms with Crippen LogP contribution >= 0.6 is 0 Å². The monoisotopic (exact) mass is 536 g/mol. The van der Waals surface area contributed by atoms with E-state index in [0.717, 1.165) is 12.0 Å². The molecule has 2 aliphatic heterocycles. The number of hydrogen-bond acceptors (Lipinski definition) is 6. The van der Waals surface area contributed by atoms with Gasteiger partial charge in [0, 0.05) is 38.2 Å². The molecule has 2 saturated heterocycles. The molecule has 0 radical (unpaired) electrons. The normalized spacial score (nSPS) is 22.9. The maximum absolute atomic E-state index is 13.9. The van der Waals surface area contributed by atoms with Crippen molar-refractivity contribution in [2.45, 2.75) is 82.3 Å².